The summed E-state index contributed by atoms with van der Waals surface area (Å²) in [4.78, 5) is 26.7. The molecule has 0 saturated carbocycles. The van der Waals surface area contributed by atoms with Gasteiger partial charge in [0.25, 0.3) is 11.6 Å². The average Bonchev–Trinajstić information content (AvgIpc) is 2.67. The Kier molecular flexibility index (Phi) is 6.02. The number of nitro groups is 1. The summed E-state index contributed by atoms with van der Waals surface area (Å²) in [5.41, 5.74) is 1.14. The van der Waals surface area contributed by atoms with Crippen molar-refractivity contribution in [2.45, 2.75) is 12.9 Å². The Balaban J connectivity index is 1.54. The second-order valence-electron chi connectivity index (χ2n) is 6.57. The monoisotopic (exact) mass is 409 g/mol. The summed E-state index contributed by atoms with van der Waals surface area (Å²) in [6.45, 7) is 2.61. The smallest absolute Gasteiger partial charge is 0.406 e. The molecule has 1 amide bonds. The van der Waals surface area contributed by atoms with Gasteiger partial charge in [0.2, 0.25) is 0 Å². The van der Waals surface area contributed by atoms with Gasteiger partial charge in [-0.1, -0.05) is 12.1 Å². The van der Waals surface area contributed by atoms with Crippen LogP contribution < -0.4 is 4.74 Å². The van der Waals surface area contributed by atoms with E-state index in [9.17, 15) is 28.1 Å². The van der Waals surface area contributed by atoms with E-state index in [2.05, 4.69) is 9.64 Å². The van der Waals surface area contributed by atoms with Crippen molar-refractivity contribution in [2.24, 2.45) is 0 Å². The van der Waals surface area contributed by atoms with Crippen LogP contribution in [0.2, 0.25) is 0 Å². The first kappa shape index (κ1) is 20.6. The number of carbonyl (C=O) groups is 1. The van der Waals surface area contributed by atoms with Crippen molar-refractivity contribution >= 4 is 11.6 Å². The van der Waals surface area contributed by atoms with Gasteiger partial charge >= 0.3 is 6.36 Å². The van der Waals surface area contributed by atoms with Gasteiger partial charge in [0.1, 0.15) is 5.75 Å². The van der Waals surface area contributed by atoms with Gasteiger partial charge < -0.3 is 9.64 Å². The number of non-ortho nitro benzene ring substituents is 1. The van der Waals surface area contributed by atoms with Crippen LogP contribution in [0.4, 0.5) is 18.9 Å². The van der Waals surface area contributed by atoms with E-state index in [1.807, 2.05) is 6.07 Å². The van der Waals surface area contributed by atoms with Gasteiger partial charge in [-0.3, -0.25) is 19.8 Å². The first-order chi connectivity index (χ1) is 13.7. The molecule has 2 aromatic carbocycles. The quantitative estimate of drug-likeness (QED) is 0.559. The van der Waals surface area contributed by atoms with E-state index in [1.54, 1.807) is 11.0 Å². The maximum atomic E-state index is 12.6. The number of amides is 1. The van der Waals surface area contributed by atoms with E-state index in [0.29, 0.717) is 32.7 Å². The molecule has 154 valence electrons. The second-order valence-corrected chi connectivity index (χ2v) is 6.57. The highest BCUT2D eigenvalue weighted by atomic mass is 19.4. The first-order valence-electron chi connectivity index (χ1n) is 8.82. The number of hydrogen-bond acceptors (Lipinski definition) is 5. The molecule has 1 aliphatic heterocycles. The van der Waals surface area contributed by atoms with Crippen LogP contribution in [-0.2, 0) is 6.54 Å². The lowest BCUT2D eigenvalue weighted by atomic mass is 10.1. The number of rotatable bonds is 5. The minimum atomic E-state index is -4.78. The number of piperazine rings is 1. The zero-order valence-electron chi connectivity index (χ0n) is 15.3. The molecule has 1 saturated heterocycles. The zero-order chi connectivity index (χ0) is 21.0. The highest BCUT2D eigenvalue weighted by Crippen LogP contribution is 2.23. The maximum Gasteiger partial charge on any atom is 0.573 e. The Hall–Kier alpha value is -3.14. The highest BCUT2D eigenvalue weighted by Gasteiger charge is 2.31. The Morgan fingerprint density at radius 3 is 2.31 bits per heavy atom. The minimum Gasteiger partial charge on any atom is -0.406 e. The third-order valence-corrected chi connectivity index (χ3v) is 4.52. The molecule has 0 radical (unpaired) electrons. The molecule has 0 atom stereocenters. The molecule has 2 aromatic rings. The highest BCUT2D eigenvalue weighted by molar-refractivity contribution is 5.94. The van der Waals surface area contributed by atoms with Crippen molar-refractivity contribution in [3.63, 3.8) is 0 Å². The van der Waals surface area contributed by atoms with Gasteiger partial charge in [0, 0.05) is 50.4 Å². The van der Waals surface area contributed by atoms with Gasteiger partial charge in [-0.15, -0.1) is 13.2 Å². The summed E-state index contributed by atoms with van der Waals surface area (Å²) in [7, 11) is 0. The molecule has 29 heavy (non-hydrogen) atoms. The van der Waals surface area contributed by atoms with Crippen LogP contribution >= 0.6 is 0 Å². The number of benzene rings is 2. The molecule has 7 nitrogen and oxygen atoms in total. The minimum absolute atomic E-state index is 0.0364. The fourth-order valence-corrected chi connectivity index (χ4v) is 3.12. The van der Waals surface area contributed by atoms with E-state index in [-0.39, 0.29) is 22.9 Å². The topological polar surface area (TPSA) is 75.9 Å². The Labute approximate surface area is 164 Å². The Morgan fingerprint density at radius 2 is 1.72 bits per heavy atom. The van der Waals surface area contributed by atoms with Gasteiger partial charge in [0.05, 0.1) is 4.92 Å². The number of hydrogen-bond donors (Lipinski definition) is 0. The van der Waals surface area contributed by atoms with E-state index >= 15 is 0 Å². The summed E-state index contributed by atoms with van der Waals surface area (Å²) in [6, 6.07) is 11.2. The van der Waals surface area contributed by atoms with Crippen LogP contribution in [0.5, 0.6) is 5.75 Å². The van der Waals surface area contributed by atoms with Crippen molar-refractivity contribution in [1.29, 1.82) is 0 Å². The van der Waals surface area contributed by atoms with E-state index in [0.717, 1.165) is 17.7 Å². The average molecular weight is 409 g/mol. The zero-order valence-corrected chi connectivity index (χ0v) is 15.3. The summed E-state index contributed by atoms with van der Waals surface area (Å²) >= 11 is 0. The van der Waals surface area contributed by atoms with E-state index < -0.39 is 11.3 Å². The molecule has 0 aromatic heterocycles. The fourth-order valence-electron chi connectivity index (χ4n) is 3.12. The molecule has 1 fully saturated rings. The fraction of sp³-hybridized carbons (Fsp3) is 0.316. The number of alkyl halides is 3. The van der Waals surface area contributed by atoms with E-state index in [4.69, 9.17) is 0 Å². The van der Waals surface area contributed by atoms with Crippen molar-refractivity contribution in [2.75, 3.05) is 26.2 Å². The van der Waals surface area contributed by atoms with Crippen LogP contribution in [0, 0.1) is 10.1 Å². The van der Waals surface area contributed by atoms with Crippen LogP contribution in [0.15, 0.2) is 48.5 Å². The van der Waals surface area contributed by atoms with Crippen LogP contribution in [-0.4, -0.2) is 53.2 Å². The molecule has 10 heteroatoms. The standard InChI is InChI=1S/C19H18F3N3O4/c20-19(21,22)29-17-6-4-15(5-7-17)18(26)24-10-8-23(9-11-24)13-14-2-1-3-16(12-14)25(27)28/h1-7,12H,8-11,13H2. The van der Waals surface area contributed by atoms with Crippen molar-refractivity contribution < 1.29 is 27.6 Å². The SMILES string of the molecule is O=C(c1ccc(OC(F)(F)F)cc1)N1CCN(Cc2cccc([N+](=O)[O-])c2)CC1. The van der Waals surface area contributed by atoms with Crippen LogP contribution in [0.1, 0.15) is 15.9 Å². The van der Waals surface area contributed by atoms with Crippen molar-refractivity contribution in [1.82, 2.24) is 9.80 Å². The van der Waals surface area contributed by atoms with Gasteiger partial charge in [-0.25, -0.2) is 0 Å². The first-order valence-corrected chi connectivity index (χ1v) is 8.82. The summed E-state index contributed by atoms with van der Waals surface area (Å²) in [5, 5.41) is 10.9. The van der Waals surface area contributed by atoms with Gasteiger partial charge in [-0.05, 0) is 29.8 Å². The lowest BCUT2D eigenvalue weighted by Crippen LogP contribution is -2.48. The van der Waals surface area contributed by atoms with E-state index in [1.165, 1.54) is 24.3 Å². The van der Waals surface area contributed by atoms with Gasteiger partial charge in [-0.2, -0.15) is 0 Å². The molecule has 3 rings (SSSR count). The molecule has 0 N–H and O–H groups in total. The molecule has 1 heterocycles. The predicted molar refractivity (Wildman–Crippen MR) is 97.4 cm³/mol. The van der Waals surface area contributed by atoms with Crippen molar-refractivity contribution in [3.8, 4) is 5.75 Å². The molecule has 0 aliphatic carbocycles. The third kappa shape index (κ3) is 5.67. The molecule has 0 spiro atoms. The maximum absolute atomic E-state index is 12.6. The third-order valence-electron chi connectivity index (χ3n) is 4.52. The molecular formula is C19H18F3N3O4. The van der Waals surface area contributed by atoms with Crippen molar-refractivity contribution in [3.05, 3.63) is 69.8 Å². The van der Waals surface area contributed by atoms with Crippen LogP contribution in [0.25, 0.3) is 0 Å². The normalized spacial score (nSPS) is 15.2. The lowest BCUT2D eigenvalue weighted by molar-refractivity contribution is -0.384. The second kappa shape index (κ2) is 8.48. The van der Waals surface area contributed by atoms with Gasteiger partial charge in [0.15, 0.2) is 0 Å². The predicted octanol–water partition coefficient (Wildman–Crippen LogP) is 3.45. The molecule has 0 unspecified atom stereocenters. The number of halogens is 3. The summed E-state index contributed by atoms with van der Waals surface area (Å²) in [6.07, 6.45) is -4.78. The number of ether oxygens (including phenoxy) is 1. The Morgan fingerprint density at radius 1 is 1.07 bits per heavy atom. The Bertz CT molecular complexity index is 879. The number of nitro benzene ring substituents is 1. The summed E-state index contributed by atoms with van der Waals surface area (Å²) in [5.74, 6) is -0.644. The lowest BCUT2D eigenvalue weighted by Gasteiger charge is -2.34. The number of carbonyl (C=O) groups excluding carboxylic acids is 1. The summed E-state index contributed by atoms with van der Waals surface area (Å²) < 4.78 is 40.4. The largest absolute Gasteiger partial charge is 0.573 e. The molecular weight excluding hydrogens is 391 g/mol. The number of nitrogens with zero attached hydrogens (tertiary/aromatic N) is 3. The molecule has 1 aliphatic rings. The van der Waals surface area contributed by atoms with Crippen LogP contribution in [0.3, 0.4) is 0 Å². The molecule has 0 bridgehead atoms.